The Balaban J connectivity index is 1.63. The summed E-state index contributed by atoms with van der Waals surface area (Å²) >= 11 is 12.2. The molecule has 2 aliphatic heterocycles. The highest BCUT2D eigenvalue weighted by molar-refractivity contribution is 6.42. The van der Waals surface area contributed by atoms with Gasteiger partial charge >= 0.3 is 0 Å². The molecule has 0 radical (unpaired) electrons. The molecule has 0 spiro atoms. The lowest BCUT2D eigenvalue weighted by atomic mass is 9.76. The number of hydroxylamine groups is 1. The van der Waals surface area contributed by atoms with Crippen LogP contribution in [0.25, 0.3) is 0 Å². The van der Waals surface area contributed by atoms with Gasteiger partial charge in [-0.3, -0.25) is 14.4 Å². The van der Waals surface area contributed by atoms with Crippen molar-refractivity contribution in [3.05, 3.63) is 94.5 Å². The number of amides is 2. The smallest absolute Gasteiger partial charge is 0.266 e. The molecule has 0 N–H and O–H groups in total. The minimum Gasteiger partial charge on any atom is -0.273 e. The zero-order chi connectivity index (χ0) is 21.8. The van der Waals surface area contributed by atoms with Crippen molar-refractivity contribution < 1.29 is 14.4 Å². The Labute approximate surface area is 189 Å². The zero-order valence-corrected chi connectivity index (χ0v) is 18.0. The van der Waals surface area contributed by atoms with Crippen molar-refractivity contribution in [3.8, 4) is 0 Å². The van der Waals surface area contributed by atoms with Crippen molar-refractivity contribution in [2.45, 2.75) is 19.1 Å². The monoisotopic (exact) mass is 452 g/mol. The molecule has 2 amide bonds. The maximum atomic E-state index is 13.8. The molecule has 2 heterocycles. The van der Waals surface area contributed by atoms with Crippen LogP contribution in [0, 0.1) is 5.41 Å². The van der Waals surface area contributed by atoms with Gasteiger partial charge in [0.2, 0.25) is 5.91 Å². The molecule has 31 heavy (non-hydrogen) atoms. The summed E-state index contributed by atoms with van der Waals surface area (Å²) in [6.07, 6.45) is -0.972. The van der Waals surface area contributed by atoms with Crippen LogP contribution >= 0.6 is 23.2 Å². The van der Waals surface area contributed by atoms with Crippen LogP contribution in [0.4, 0.5) is 11.4 Å². The summed E-state index contributed by atoms with van der Waals surface area (Å²) in [5.74, 6) is -0.765. The Kier molecular flexibility index (Phi) is 4.77. The minimum absolute atomic E-state index is 0.272. The van der Waals surface area contributed by atoms with Crippen molar-refractivity contribution in [3.63, 3.8) is 0 Å². The fourth-order valence-corrected chi connectivity index (χ4v) is 4.72. The van der Waals surface area contributed by atoms with Crippen LogP contribution in [0.1, 0.15) is 18.5 Å². The van der Waals surface area contributed by atoms with Gasteiger partial charge in [0, 0.05) is 0 Å². The van der Waals surface area contributed by atoms with E-state index in [2.05, 4.69) is 0 Å². The molecule has 7 heteroatoms. The van der Waals surface area contributed by atoms with E-state index >= 15 is 0 Å². The van der Waals surface area contributed by atoms with Crippen LogP contribution < -0.4 is 9.96 Å². The predicted octanol–water partition coefficient (Wildman–Crippen LogP) is 5.43. The number of fused-ring (bicyclic) bond motifs is 1. The first-order valence-electron chi connectivity index (χ1n) is 9.82. The van der Waals surface area contributed by atoms with Gasteiger partial charge in [-0.15, -0.1) is 0 Å². The van der Waals surface area contributed by atoms with Crippen LogP contribution in [-0.4, -0.2) is 17.9 Å². The second-order valence-electron chi connectivity index (χ2n) is 7.82. The summed E-state index contributed by atoms with van der Waals surface area (Å²) in [6, 6.07) is 23.3. The van der Waals surface area contributed by atoms with Crippen LogP contribution in [0.3, 0.4) is 0 Å². The maximum absolute atomic E-state index is 13.8. The number of carbonyl (C=O) groups excluding carboxylic acids is 2. The highest BCUT2D eigenvalue weighted by Gasteiger charge is 2.68. The minimum atomic E-state index is -1.14. The molecule has 5 nitrogen and oxygen atoms in total. The normalized spacial score (nSPS) is 25.3. The van der Waals surface area contributed by atoms with E-state index in [0.29, 0.717) is 10.7 Å². The Hall–Kier alpha value is -2.86. The molecule has 3 atom stereocenters. The summed E-state index contributed by atoms with van der Waals surface area (Å²) in [4.78, 5) is 34.6. The highest BCUT2D eigenvalue weighted by atomic mass is 35.5. The van der Waals surface area contributed by atoms with Gasteiger partial charge in [-0.05, 0) is 42.8 Å². The number of rotatable bonds is 3. The second-order valence-corrected chi connectivity index (χ2v) is 8.63. The van der Waals surface area contributed by atoms with Crippen LogP contribution in [0.2, 0.25) is 10.0 Å². The number of halogens is 2. The third kappa shape index (κ3) is 2.96. The van der Waals surface area contributed by atoms with Crippen molar-refractivity contribution in [1.29, 1.82) is 0 Å². The molecule has 0 aromatic heterocycles. The SMILES string of the molecule is C[C@]12C(=O)N(c3ccc(Cl)c(Cl)c3)C(=O)[C@@H]1ON(c1ccccc1)[C@@H]2c1ccccc1. The molecule has 0 unspecified atom stereocenters. The molecule has 0 saturated carbocycles. The molecular weight excluding hydrogens is 435 g/mol. The lowest BCUT2D eigenvalue weighted by Crippen LogP contribution is -2.41. The zero-order valence-electron chi connectivity index (χ0n) is 16.5. The topological polar surface area (TPSA) is 49.9 Å². The summed E-state index contributed by atoms with van der Waals surface area (Å²) < 4.78 is 0. The molecule has 156 valence electrons. The van der Waals surface area contributed by atoms with Crippen LogP contribution in [-0.2, 0) is 14.4 Å². The van der Waals surface area contributed by atoms with Gasteiger partial charge in [-0.2, -0.15) is 0 Å². The Bertz CT molecular complexity index is 1170. The standard InChI is InChI=1S/C24H18Cl2N2O3/c1-24-20(15-8-4-2-5-9-15)28(16-10-6-3-7-11-16)31-21(24)22(29)27(23(24)30)17-12-13-18(25)19(26)14-17/h2-14,20-21H,1H3/t20-,21+,24-/m1/s1. The lowest BCUT2D eigenvalue weighted by Gasteiger charge is -2.32. The highest BCUT2D eigenvalue weighted by Crippen LogP contribution is 2.55. The fourth-order valence-electron chi connectivity index (χ4n) is 4.43. The number of benzene rings is 3. The summed E-state index contributed by atoms with van der Waals surface area (Å²) in [7, 11) is 0. The number of hydrogen-bond acceptors (Lipinski definition) is 4. The molecule has 0 bridgehead atoms. The number of hydrogen-bond donors (Lipinski definition) is 0. The van der Waals surface area contributed by atoms with Gasteiger partial charge in [-0.1, -0.05) is 71.7 Å². The van der Waals surface area contributed by atoms with Gasteiger partial charge in [0.25, 0.3) is 5.91 Å². The van der Waals surface area contributed by atoms with Crippen molar-refractivity contribution in [2.24, 2.45) is 5.41 Å². The van der Waals surface area contributed by atoms with E-state index in [1.54, 1.807) is 24.1 Å². The predicted molar refractivity (Wildman–Crippen MR) is 120 cm³/mol. The Morgan fingerprint density at radius 2 is 1.48 bits per heavy atom. The van der Waals surface area contributed by atoms with Crippen molar-refractivity contribution in [1.82, 2.24) is 0 Å². The van der Waals surface area contributed by atoms with E-state index in [9.17, 15) is 9.59 Å². The Morgan fingerprint density at radius 3 is 2.13 bits per heavy atom. The number of nitrogens with zero attached hydrogens (tertiary/aromatic N) is 2. The second kappa shape index (κ2) is 7.38. The molecule has 2 saturated heterocycles. The molecule has 2 fully saturated rings. The summed E-state index contributed by atoms with van der Waals surface area (Å²) in [6.45, 7) is 1.79. The largest absolute Gasteiger partial charge is 0.273 e. The third-order valence-electron chi connectivity index (χ3n) is 5.96. The molecule has 3 aromatic rings. The molecule has 3 aromatic carbocycles. The van der Waals surface area contributed by atoms with E-state index in [-0.39, 0.29) is 10.9 Å². The van der Waals surface area contributed by atoms with E-state index in [1.165, 1.54) is 6.07 Å². The quantitative estimate of drug-likeness (QED) is 0.496. The van der Waals surface area contributed by atoms with Gasteiger partial charge in [0.15, 0.2) is 6.10 Å². The fraction of sp³-hybridized carbons (Fsp3) is 0.167. The van der Waals surface area contributed by atoms with E-state index in [1.807, 2.05) is 60.7 Å². The molecule has 2 aliphatic rings. The van der Waals surface area contributed by atoms with Crippen LogP contribution in [0.15, 0.2) is 78.9 Å². The first-order chi connectivity index (χ1) is 14.9. The van der Waals surface area contributed by atoms with Crippen molar-refractivity contribution in [2.75, 3.05) is 9.96 Å². The maximum Gasteiger partial charge on any atom is 0.266 e. The van der Waals surface area contributed by atoms with E-state index < -0.39 is 23.5 Å². The van der Waals surface area contributed by atoms with Gasteiger partial charge in [0.05, 0.1) is 27.5 Å². The first kappa shape index (κ1) is 20.1. The summed E-state index contributed by atoms with van der Waals surface area (Å²) in [5.41, 5.74) is 0.893. The van der Waals surface area contributed by atoms with E-state index in [0.717, 1.165) is 16.2 Å². The molecule has 5 rings (SSSR count). The lowest BCUT2D eigenvalue weighted by molar-refractivity contribution is -0.128. The number of imide groups is 1. The van der Waals surface area contributed by atoms with E-state index in [4.69, 9.17) is 28.0 Å². The third-order valence-corrected chi connectivity index (χ3v) is 6.70. The number of anilines is 2. The van der Waals surface area contributed by atoms with Crippen LogP contribution in [0.5, 0.6) is 0 Å². The first-order valence-corrected chi connectivity index (χ1v) is 10.6. The number of carbonyl (C=O) groups is 2. The molecular formula is C24H18Cl2N2O3. The average Bonchev–Trinajstić information content (AvgIpc) is 3.20. The average molecular weight is 453 g/mol. The molecule has 0 aliphatic carbocycles. The Morgan fingerprint density at radius 1 is 0.839 bits per heavy atom. The van der Waals surface area contributed by atoms with Crippen molar-refractivity contribution >= 4 is 46.4 Å². The van der Waals surface area contributed by atoms with Gasteiger partial charge < -0.3 is 0 Å². The van der Waals surface area contributed by atoms with Gasteiger partial charge in [0.1, 0.15) is 5.41 Å². The number of para-hydroxylation sites is 1. The van der Waals surface area contributed by atoms with Gasteiger partial charge in [-0.25, -0.2) is 9.96 Å². The summed E-state index contributed by atoms with van der Waals surface area (Å²) in [5, 5.41) is 2.31.